The molecule has 0 aliphatic heterocycles. The molecule has 1 amide bonds. The van der Waals surface area contributed by atoms with Crippen molar-refractivity contribution in [1.82, 2.24) is 4.98 Å². The molecule has 2 aromatic rings. The lowest BCUT2D eigenvalue weighted by molar-refractivity contribution is 0.102. The highest BCUT2D eigenvalue weighted by molar-refractivity contribution is 7.90. The number of anilines is 2. The molecule has 0 atom stereocenters. The van der Waals surface area contributed by atoms with Gasteiger partial charge in [-0.1, -0.05) is 6.07 Å². The number of aromatic nitrogens is 1. The number of hydrogen-bond acceptors (Lipinski definition) is 5. The zero-order valence-corrected chi connectivity index (χ0v) is 11.5. The number of nitrogens with two attached hydrogens (primary N) is 1. The Morgan fingerprint density at radius 1 is 1.25 bits per heavy atom. The van der Waals surface area contributed by atoms with Gasteiger partial charge in [0.1, 0.15) is 0 Å². The third kappa shape index (κ3) is 3.12. The number of nitrogen functional groups attached to an aromatic ring is 1. The van der Waals surface area contributed by atoms with Crippen molar-refractivity contribution in [1.29, 1.82) is 0 Å². The predicted molar refractivity (Wildman–Crippen MR) is 76.2 cm³/mol. The van der Waals surface area contributed by atoms with Crippen molar-refractivity contribution >= 4 is 27.1 Å². The van der Waals surface area contributed by atoms with Crippen molar-refractivity contribution < 1.29 is 13.2 Å². The largest absolute Gasteiger partial charge is 0.397 e. The summed E-state index contributed by atoms with van der Waals surface area (Å²) in [5.74, 6) is -0.492. The van der Waals surface area contributed by atoms with E-state index in [1.165, 1.54) is 18.3 Å². The SMILES string of the molecule is CS(=O)(=O)c1cccc(NC(=O)c2ncccc2N)c1. The molecule has 104 valence electrons. The van der Waals surface area contributed by atoms with Crippen molar-refractivity contribution in [2.24, 2.45) is 0 Å². The van der Waals surface area contributed by atoms with Crippen LogP contribution in [0.1, 0.15) is 10.5 Å². The zero-order chi connectivity index (χ0) is 14.8. The molecule has 0 fully saturated rings. The van der Waals surface area contributed by atoms with Crippen LogP contribution in [0.5, 0.6) is 0 Å². The van der Waals surface area contributed by atoms with Gasteiger partial charge >= 0.3 is 0 Å². The lowest BCUT2D eigenvalue weighted by Gasteiger charge is -2.07. The highest BCUT2D eigenvalue weighted by Gasteiger charge is 2.12. The number of rotatable bonds is 3. The van der Waals surface area contributed by atoms with Gasteiger partial charge in [-0.2, -0.15) is 0 Å². The maximum absolute atomic E-state index is 12.0. The van der Waals surface area contributed by atoms with E-state index in [2.05, 4.69) is 10.3 Å². The fourth-order valence-electron chi connectivity index (χ4n) is 1.60. The normalized spacial score (nSPS) is 11.1. The highest BCUT2D eigenvalue weighted by Crippen LogP contribution is 2.17. The first-order valence-electron chi connectivity index (χ1n) is 5.70. The quantitative estimate of drug-likeness (QED) is 0.888. The van der Waals surface area contributed by atoms with E-state index < -0.39 is 15.7 Å². The topological polar surface area (TPSA) is 102 Å². The Morgan fingerprint density at radius 2 is 2.00 bits per heavy atom. The summed E-state index contributed by atoms with van der Waals surface area (Å²) in [4.78, 5) is 16.0. The maximum Gasteiger partial charge on any atom is 0.276 e. The van der Waals surface area contributed by atoms with Crippen LogP contribution in [0.3, 0.4) is 0 Å². The van der Waals surface area contributed by atoms with Crippen molar-refractivity contribution in [2.75, 3.05) is 17.3 Å². The van der Waals surface area contributed by atoms with Crippen LogP contribution in [0.4, 0.5) is 11.4 Å². The second-order valence-electron chi connectivity index (χ2n) is 4.20. The van der Waals surface area contributed by atoms with Gasteiger partial charge in [0.15, 0.2) is 15.5 Å². The summed E-state index contributed by atoms with van der Waals surface area (Å²) in [6.45, 7) is 0. The molecule has 1 heterocycles. The van der Waals surface area contributed by atoms with Crippen molar-refractivity contribution in [3.05, 3.63) is 48.3 Å². The van der Waals surface area contributed by atoms with E-state index in [-0.39, 0.29) is 16.3 Å². The lowest BCUT2D eigenvalue weighted by Crippen LogP contribution is -2.16. The second-order valence-corrected chi connectivity index (χ2v) is 6.21. The molecular formula is C13H13N3O3S. The first kappa shape index (κ1) is 14.0. The van der Waals surface area contributed by atoms with Crippen molar-refractivity contribution in [3.63, 3.8) is 0 Å². The Kier molecular flexibility index (Phi) is 3.71. The minimum absolute atomic E-state index is 0.0947. The molecule has 7 heteroatoms. The number of sulfone groups is 1. The number of carbonyl (C=O) groups is 1. The average Bonchev–Trinajstić information content (AvgIpc) is 2.38. The third-order valence-electron chi connectivity index (χ3n) is 2.57. The molecule has 0 unspecified atom stereocenters. The molecule has 1 aromatic heterocycles. The van der Waals surface area contributed by atoms with E-state index in [4.69, 9.17) is 5.73 Å². The molecule has 0 saturated heterocycles. The second kappa shape index (κ2) is 5.30. The van der Waals surface area contributed by atoms with E-state index in [0.717, 1.165) is 6.26 Å². The van der Waals surface area contributed by atoms with Gasteiger partial charge in [-0.25, -0.2) is 13.4 Å². The van der Waals surface area contributed by atoms with Gasteiger partial charge in [-0.3, -0.25) is 4.79 Å². The number of nitrogens with zero attached hydrogens (tertiary/aromatic N) is 1. The van der Waals surface area contributed by atoms with Crippen LogP contribution in [0.15, 0.2) is 47.5 Å². The summed E-state index contributed by atoms with van der Waals surface area (Å²) in [5.41, 5.74) is 6.37. The Hall–Kier alpha value is -2.41. The molecule has 0 radical (unpaired) electrons. The standard InChI is InChI=1S/C13H13N3O3S/c1-20(18,19)10-5-2-4-9(8-10)16-13(17)12-11(14)6-3-7-15-12/h2-8H,14H2,1H3,(H,16,17). The molecule has 3 N–H and O–H groups in total. The fraction of sp³-hybridized carbons (Fsp3) is 0.0769. The summed E-state index contributed by atoms with van der Waals surface area (Å²) in [6, 6.07) is 9.16. The first-order valence-corrected chi connectivity index (χ1v) is 7.59. The van der Waals surface area contributed by atoms with Gasteiger partial charge in [-0.05, 0) is 30.3 Å². The highest BCUT2D eigenvalue weighted by atomic mass is 32.2. The summed E-state index contributed by atoms with van der Waals surface area (Å²) in [5, 5.41) is 2.57. The Balaban J connectivity index is 2.27. The first-order chi connectivity index (χ1) is 9.38. The Bertz CT molecular complexity index is 757. The number of benzene rings is 1. The van der Waals surface area contributed by atoms with Gasteiger partial charge in [-0.15, -0.1) is 0 Å². The van der Waals surface area contributed by atoms with Crippen molar-refractivity contribution in [3.8, 4) is 0 Å². The third-order valence-corrected chi connectivity index (χ3v) is 3.68. The molecule has 0 aliphatic carbocycles. The summed E-state index contributed by atoms with van der Waals surface area (Å²) < 4.78 is 22.9. The number of amides is 1. The van der Waals surface area contributed by atoms with E-state index in [1.54, 1.807) is 24.3 Å². The molecule has 0 saturated carbocycles. The average molecular weight is 291 g/mol. The number of hydrogen-bond donors (Lipinski definition) is 2. The van der Waals surface area contributed by atoms with Crippen LogP contribution in [-0.4, -0.2) is 25.6 Å². The van der Waals surface area contributed by atoms with Gasteiger partial charge in [0, 0.05) is 18.1 Å². The molecular weight excluding hydrogens is 278 g/mol. The van der Waals surface area contributed by atoms with E-state index in [0.29, 0.717) is 5.69 Å². The summed E-state index contributed by atoms with van der Waals surface area (Å²) in [7, 11) is -3.33. The molecule has 20 heavy (non-hydrogen) atoms. The van der Waals surface area contributed by atoms with E-state index in [1.807, 2.05) is 0 Å². The monoisotopic (exact) mass is 291 g/mol. The predicted octanol–water partition coefficient (Wildman–Crippen LogP) is 1.32. The molecule has 0 aliphatic rings. The fourth-order valence-corrected chi connectivity index (χ4v) is 2.27. The molecule has 2 rings (SSSR count). The molecule has 1 aromatic carbocycles. The minimum atomic E-state index is -3.33. The van der Waals surface area contributed by atoms with Gasteiger partial charge in [0.05, 0.1) is 10.6 Å². The van der Waals surface area contributed by atoms with Crippen LogP contribution < -0.4 is 11.1 Å². The van der Waals surface area contributed by atoms with Crippen LogP contribution >= 0.6 is 0 Å². The van der Waals surface area contributed by atoms with E-state index in [9.17, 15) is 13.2 Å². The maximum atomic E-state index is 12.0. The van der Waals surface area contributed by atoms with Crippen LogP contribution in [0.2, 0.25) is 0 Å². The minimum Gasteiger partial charge on any atom is -0.397 e. The Labute approximate surface area is 116 Å². The van der Waals surface area contributed by atoms with Crippen LogP contribution in [-0.2, 0) is 9.84 Å². The number of pyridine rings is 1. The Morgan fingerprint density at radius 3 is 2.65 bits per heavy atom. The molecule has 6 nitrogen and oxygen atoms in total. The number of nitrogens with one attached hydrogen (secondary N) is 1. The summed E-state index contributed by atoms with van der Waals surface area (Å²) >= 11 is 0. The number of carbonyl (C=O) groups excluding carboxylic acids is 1. The lowest BCUT2D eigenvalue weighted by atomic mass is 10.2. The van der Waals surface area contributed by atoms with Gasteiger partial charge in [0.2, 0.25) is 0 Å². The van der Waals surface area contributed by atoms with Gasteiger partial charge in [0.25, 0.3) is 5.91 Å². The van der Waals surface area contributed by atoms with Crippen LogP contribution in [0.25, 0.3) is 0 Å². The van der Waals surface area contributed by atoms with Crippen molar-refractivity contribution in [2.45, 2.75) is 4.90 Å². The summed E-state index contributed by atoms with van der Waals surface area (Å²) in [6.07, 6.45) is 2.56. The zero-order valence-electron chi connectivity index (χ0n) is 10.7. The smallest absolute Gasteiger partial charge is 0.276 e. The molecule has 0 spiro atoms. The van der Waals surface area contributed by atoms with Gasteiger partial charge < -0.3 is 11.1 Å². The van der Waals surface area contributed by atoms with Crippen LogP contribution in [0, 0.1) is 0 Å². The van der Waals surface area contributed by atoms with E-state index >= 15 is 0 Å². The molecule has 0 bridgehead atoms.